The van der Waals surface area contributed by atoms with E-state index in [9.17, 15) is 8.78 Å². The number of hydrogen-bond donors (Lipinski definition) is 2. The zero-order chi connectivity index (χ0) is 9.64. The number of nitrogen functional groups attached to an aromatic ring is 2. The first kappa shape index (κ1) is 7.90. The van der Waals surface area contributed by atoms with Gasteiger partial charge in [-0.15, -0.1) is 8.78 Å². The fraction of sp³-hybridized carbons (Fsp3) is 0.143. The Bertz CT molecular complexity index is 335. The second-order valence-corrected chi connectivity index (χ2v) is 2.57. The summed E-state index contributed by atoms with van der Waals surface area (Å²) in [5.41, 5.74) is 10.9. The molecule has 1 aromatic rings. The van der Waals surface area contributed by atoms with E-state index in [1.54, 1.807) is 0 Å². The molecule has 70 valence electrons. The van der Waals surface area contributed by atoms with E-state index in [0.717, 1.165) is 0 Å². The number of halogens is 2. The second kappa shape index (κ2) is 2.15. The van der Waals surface area contributed by atoms with Crippen LogP contribution in [0.1, 0.15) is 0 Å². The molecule has 0 saturated carbocycles. The van der Waals surface area contributed by atoms with Gasteiger partial charge in [-0.1, -0.05) is 0 Å². The van der Waals surface area contributed by atoms with Gasteiger partial charge in [-0.2, -0.15) is 0 Å². The fourth-order valence-corrected chi connectivity index (χ4v) is 1.06. The Labute approximate surface area is 72.0 Å². The van der Waals surface area contributed by atoms with Crippen LogP contribution < -0.4 is 20.9 Å². The highest BCUT2D eigenvalue weighted by Crippen LogP contribution is 2.48. The molecule has 0 saturated heterocycles. The molecule has 1 aromatic carbocycles. The molecule has 4 N–H and O–H groups in total. The Kier molecular flexibility index (Phi) is 1.31. The first-order valence-electron chi connectivity index (χ1n) is 3.43. The Morgan fingerprint density at radius 1 is 1.00 bits per heavy atom. The molecule has 4 nitrogen and oxygen atoms in total. The minimum absolute atomic E-state index is 0.0707. The summed E-state index contributed by atoms with van der Waals surface area (Å²) in [4.78, 5) is 0. The van der Waals surface area contributed by atoms with Gasteiger partial charge in [0.05, 0.1) is 11.4 Å². The van der Waals surface area contributed by atoms with Crippen molar-refractivity contribution in [2.45, 2.75) is 6.29 Å². The predicted octanol–water partition coefficient (Wildman–Crippen LogP) is 1.17. The maximum atomic E-state index is 12.5. The fourth-order valence-electron chi connectivity index (χ4n) is 1.06. The normalized spacial score (nSPS) is 17.4. The van der Waals surface area contributed by atoms with Gasteiger partial charge in [0.15, 0.2) is 11.5 Å². The zero-order valence-corrected chi connectivity index (χ0v) is 6.38. The van der Waals surface area contributed by atoms with Gasteiger partial charge in [0.1, 0.15) is 0 Å². The van der Waals surface area contributed by atoms with E-state index >= 15 is 0 Å². The van der Waals surface area contributed by atoms with E-state index in [2.05, 4.69) is 9.47 Å². The van der Waals surface area contributed by atoms with Gasteiger partial charge >= 0.3 is 6.29 Å². The van der Waals surface area contributed by atoms with Crippen molar-refractivity contribution < 1.29 is 18.3 Å². The Balaban J connectivity index is 2.56. The van der Waals surface area contributed by atoms with E-state index in [1.807, 2.05) is 0 Å². The first-order chi connectivity index (χ1) is 5.99. The summed E-state index contributed by atoms with van der Waals surface area (Å²) in [6.45, 7) is 0. The molecule has 6 heteroatoms. The van der Waals surface area contributed by atoms with Crippen LogP contribution in [0, 0.1) is 0 Å². The number of anilines is 2. The van der Waals surface area contributed by atoms with Crippen LogP contribution in [0.2, 0.25) is 0 Å². The smallest absolute Gasteiger partial charge is 0.396 e. The van der Waals surface area contributed by atoms with Crippen molar-refractivity contribution in [3.8, 4) is 11.5 Å². The van der Waals surface area contributed by atoms with Crippen LogP contribution in [0.5, 0.6) is 11.5 Å². The van der Waals surface area contributed by atoms with Crippen LogP contribution in [0.3, 0.4) is 0 Å². The van der Waals surface area contributed by atoms with Crippen LogP contribution in [-0.2, 0) is 0 Å². The minimum Gasteiger partial charge on any atom is -0.396 e. The summed E-state index contributed by atoms with van der Waals surface area (Å²) < 4.78 is 33.4. The van der Waals surface area contributed by atoms with Crippen LogP contribution in [0.25, 0.3) is 0 Å². The largest absolute Gasteiger partial charge is 0.586 e. The second-order valence-electron chi connectivity index (χ2n) is 2.57. The highest BCUT2D eigenvalue weighted by Gasteiger charge is 2.45. The third kappa shape index (κ3) is 1.10. The molecule has 0 aromatic heterocycles. The molecule has 0 radical (unpaired) electrons. The Hall–Kier alpha value is -1.72. The minimum atomic E-state index is -3.67. The van der Waals surface area contributed by atoms with Gasteiger partial charge in [0.2, 0.25) is 0 Å². The van der Waals surface area contributed by atoms with E-state index in [-0.39, 0.29) is 22.9 Å². The number of rotatable bonds is 0. The summed E-state index contributed by atoms with van der Waals surface area (Å²) in [5, 5.41) is 0. The van der Waals surface area contributed by atoms with Crippen molar-refractivity contribution in [1.29, 1.82) is 0 Å². The number of fused-ring (bicyclic) bond motifs is 1. The third-order valence-corrected chi connectivity index (χ3v) is 1.61. The molecule has 0 atom stereocenters. The lowest BCUT2D eigenvalue weighted by atomic mass is 10.2. The summed E-state index contributed by atoms with van der Waals surface area (Å²) in [7, 11) is 0. The molecule has 1 heterocycles. The number of ether oxygens (including phenoxy) is 2. The molecule has 1 aliphatic rings. The maximum absolute atomic E-state index is 12.5. The van der Waals surface area contributed by atoms with Gasteiger partial charge in [0.25, 0.3) is 0 Å². The molecule has 2 rings (SSSR count). The summed E-state index contributed by atoms with van der Waals surface area (Å²) >= 11 is 0. The molecule has 0 spiro atoms. The molecule has 0 amide bonds. The van der Waals surface area contributed by atoms with Gasteiger partial charge in [-0.3, -0.25) is 0 Å². The van der Waals surface area contributed by atoms with Crippen molar-refractivity contribution in [2.24, 2.45) is 0 Å². The lowest BCUT2D eigenvalue weighted by Gasteiger charge is -2.04. The highest BCUT2D eigenvalue weighted by molar-refractivity contribution is 5.71. The molecule has 13 heavy (non-hydrogen) atoms. The maximum Gasteiger partial charge on any atom is 0.586 e. The topological polar surface area (TPSA) is 70.5 Å². The van der Waals surface area contributed by atoms with E-state index in [0.29, 0.717) is 0 Å². The van der Waals surface area contributed by atoms with Crippen molar-refractivity contribution in [3.05, 3.63) is 12.1 Å². The molecule has 0 aliphatic carbocycles. The Morgan fingerprint density at radius 2 is 1.38 bits per heavy atom. The molecular formula is C7H6F2N2O2. The van der Waals surface area contributed by atoms with E-state index in [4.69, 9.17) is 11.5 Å². The lowest BCUT2D eigenvalue weighted by Crippen LogP contribution is -2.26. The molecule has 1 aliphatic heterocycles. The van der Waals surface area contributed by atoms with E-state index < -0.39 is 6.29 Å². The van der Waals surface area contributed by atoms with Gasteiger partial charge < -0.3 is 20.9 Å². The molecule has 0 bridgehead atoms. The summed E-state index contributed by atoms with van der Waals surface area (Å²) in [5.74, 6) is -0.407. The average Bonchev–Trinajstić information content (AvgIpc) is 2.35. The monoisotopic (exact) mass is 188 g/mol. The van der Waals surface area contributed by atoms with Gasteiger partial charge in [0, 0.05) is 0 Å². The molecule has 0 fully saturated rings. The van der Waals surface area contributed by atoms with Crippen LogP contribution in [0.15, 0.2) is 12.1 Å². The van der Waals surface area contributed by atoms with Crippen molar-refractivity contribution in [2.75, 3.05) is 11.5 Å². The van der Waals surface area contributed by atoms with Gasteiger partial charge in [-0.05, 0) is 12.1 Å². The third-order valence-electron chi connectivity index (χ3n) is 1.61. The quantitative estimate of drug-likeness (QED) is 0.599. The van der Waals surface area contributed by atoms with Gasteiger partial charge in [-0.25, -0.2) is 0 Å². The number of hydrogen-bond acceptors (Lipinski definition) is 4. The van der Waals surface area contributed by atoms with Crippen LogP contribution in [-0.4, -0.2) is 6.29 Å². The first-order valence-corrected chi connectivity index (χ1v) is 3.43. The van der Waals surface area contributed by atoms with Crippen LogP contribution >= 0.6 is 0 Å². The number of nitrogens with two attached hydrogens (primary N) is 2. The number of alkyl halides is 2. The van der Waals surface area contributed by atoms with Crippen molar-refractivity contribution >= 4 is 11.4 Å². The Morgan fingerprint density at radius 3 is 1.77 bits per heavy atom. The summed E-state index contributed by atoms with van der Waals surface area (Å²) in [6, 6.07) is 2.75. The van der Waals surface area contributed by atoms with Crippen molar-refractivity contribution in [1.82, 2.24) is 0 Å². The predicted molar refractivity (Wildman–Crippen MR) is 41.5 cm³/mol. The van der Waals surface area contributed by atoms with Crippen LogP contribution in [0.4, 0.5) is 20.2 Å². The number of benzene rings is 1. The zero-order valence-electron chi connectivity index (χ0n) is 6.38. The molecular weight excluding hydrogens is 182 g/mol. The standard InChI is InChI=1S/C7H6F2N2O2/c8-7(9)12-5-3(10)1-2-4(11)6(5)13-7/h1-2H,10-11H2. The van der Waals surface area contributed by atoms with Crippen molar-refractivity contribution in [3.63, 3.8) is 0 Å². The average molecular weight is 188 g/mol. The molecule has 0 unspecified atom stereocenters. The summed E-state index contributed by atoms with van der Waals surface area (Å²) in [6.07, 6.45) is -3.67. The SMILES string of the molecule is Nc1ccc(N)c2c1OC(F)(F)O2. The lowest BCUT2D eigenvalue weighted by molar-refractivity contribution is -0.286. The highest BCUT2D eigenvalue weighted by atomic mass is 19.3. The van der Waals surface area contributed by atoms with E-state index in [1.165, 1.54) is 12.1 Å².